The van der Waals surface area contributed by atoms with E-state index in [1.807, 2.05) is 47.9 Å². The van der Waals surface area contributed by atoms with E-state index >= 15 is 0 Å². The number of hydrogen-bond acceptors (Lipinski definition) is 6. The number of nitrogens with zero attached hydrogens (tertiary/aromatic N) is 3. The predicted octanol–water partition coefficient (Wildman–Crippen LogP) is 3.84. The summed E-state index contributed by atoms with van der Waals surface area (Å²) in [4.78, 5) is 22.1. The molecule has 0 spiro atoms. The van der Waals surface area contributed by atoms with Gasteiger partial charge in [0.25, 0.3) is 0 Å². The average Bonchev–Trinajstić information content (AvgIpc) is 3.26. The highest BCUT2D eigenvalue weighted by atomic mass is 32.1. The van der Waals surface area contributed by atoms with E-state index in [9.17, 15) is 4.79 Å². The van der Waals surface area contributed by atoms with Crippen LogP contribution in [0.4, 0.5) is 0 Å². The lowest BCUT2D eigenvalue weighted by Gasteiger charge is -2.18. The van der Waals surface area contributed by atoms with Crippen LogP contribution in [0.5, 0.6) is 11.5 Å². The molecule has 1 amide bonds. The number of para-hydroxylation sites is 1. The first kappa shape index (κ1) is 16.5. The molecule has 0 N–H and O–H groups in total. The summed E-state index contributed by atoms with van der Waals surface area (Å²) >= 11 is 2.83. The number of hydrogen-bond donors (Lipinski definition) is 0. The molecule has 1 aliphatic rings. The lowest BCUT2D eigenvalue weighted by atomic mass is 10.2. The largest absolute Gasteiger partial charge is 0.486 e. The first-order valence-electron chi connectivity index (χ1n) is 8.60. The van der Waals surface area contributed by atoms with E-state index in [4.69, 9.17) is 9.47 Å². The van der Waals surface area contributed by atoms with Crippen LogP contribution in [0.15, 0.2) is 41.4 Å². The van der Waals surface area contributed by atoms with Gasteiger partial charge in [0, 0.05) is 18.7 Å². The number of fused-ring (bicyclic) bond motifs is 3. The number of aryl methyl sites for hydroxylation is 1. The molecular weight excluding hydrogens is 382 g/mol. The molecule has 2 aromatic carbocycles. The third kappa shape index (κ3) is 2.81. The maximum absolute atomic E-state index is 12.7. The van der Waals surface area contributed by atoms with Gasteiger partial charge < -0.3 is 14.0 Å². The van der Waals surface area contributed by atoms with Gasteiger partial charge in [-0.3, -0.25) is 4.79 Å². The Morgan fingerprint density at radius 1 is 1.15 bits per heavy atom. The van der Waals surface area contributed by atoms with Crippen molar-refractivity contribution in [2.45, 2.75) is 13.5 Å². The Morgan fingerprint density at radius 3 is 2.70 bits per heavy atom. The van der Waals surface area contributed by atoms with Crippen LogP contribution in [0, 0.1) is 0 Å². The summed E-state index contributed by atoms with van der Waals surface area (Å²) in [5.41, 5.74) is 1.81. The number of benzene rings is 2. The van der Waals surface area contributed by atoms with E-state index in [0.717, 1.165) is 31.9 Å². The lowest BCUT2D eigenvalue weighted by Crippen LogP contribution is -2.17. The minimum absolute atomic E-state index is 0.317. The SMILES string of the molecule is CCn1c(=NC(=O)c2nc3ccccc3s2)sc2cc3c(cc21)OCCO3. The molecule has 0 radical (unpaired) electrons. The van der Waals surface area contributed by atoms with Gasteiger partial charge in [-0.15, -0.1) is 11.3 Å². The molecule has 1 aliphatic heterocycles. The molecule has 0 saturated carbocycles. The maximum Gasteiger partial charge on any atom is 0.308 e. The predicted molar refractivity (Wildman–Crippen MR) is 106 cm³/mol. The maximum atomic E-state index is 12.7. The number of carbonyl (C=O) groups is 1. The third-order valence-electron chi connectivity index (χ3n) is 4.34. The molecule has 3 heterocycles. The minimum Gasteiger partial charge on any atom is -0.486 e. The van der Waals surface area contributed by atoms with Gasteiger partial charge in [-0.1, -0.05) is 23.5 Å². The summed E-state index contributed by atoms with van der Waals surface area (Å²) in [7, 11) is 0. The minimum atomic E-state index is -0.317. The smallest absolute Gasteiger partial charge is 0.308 e. The van der Waals surface area contributed by atoms with E-state index in [1.54, 1.807) is 0 Å². The first-order chi connectivity index (χ1) is 13.2. The second kappa shape index (κ2) is 6.47. The van der Waals surface area contributed by atoms with Gasteiger partial charge >= 0.3 is 5.91 Å². The Morgan fingerprint density at radius 2 is 1.93 bits per heavy atom. The van der Waals surface area contributed by atoms with Crippen molar-refractivity contribution in [3.8, 4) is 11.5 Å². The number of ether oxygens (including phenoxy) is 2. The summed E-state index contributed by atoms with van der Waals surface area (Å²) in [6, 6.07) is 11.6. The highest BCUT2D eigenvalue weighted by Crippen LogP contribution is 2.35. The molecule has 0 saturated heterocycles. The molecule has 2 aromatic heterocycles. The van der Waals surface area contributed by atoms with Gasteiger partial charge in [0.2, 0.25) is 0 Å². The molecule has 6 nitrogen and oxygen atoms in total. The summed E-state index contributed by atoms with van der Waals surface area (Å²) in [5, 5.41) is 0.405. The number of aromatic nitrogens is 2. The van der Waals surface area contributed by atoms with Gasteiger partial charge in [-0.2, -0.15) is 4.99 Å². The van der Waals surface area contributed by atoms with Gasteiger partial charge in [-0.25, -0.2) is 4.98 Å². The Hall–Kier alpha value is -2.71. The van der Waals surface area contributed by atoms with E-state index in [-0.39, 0.29) is 5.91 Å². The van der Waals surface area contributed by atoms with Crippen LogP contribution >= 0.6 is 22.7 Å². The molecule has 0 bridgehead atoms. The number of thiazole rings is 2. The zero-order valence-corrected chi connectivity index (χ0v) is 16.1. The normalized spacial score (nSPS) is 14.2. The average molecular weight is 397 g/mol. The van der Waals surface area contributed by atoms with E-state index < -0.39 is 0 Å². The number of amides is 1. The van der Waals surface area contributed by atoms with E-state index in [1.165, 1.54) is 22.7 Å². The second-order valence-corrected chi connectivity index (χ2v) is 8.04. The molecule has 27 heavy (non-hydrogen) atoms. The summed E-state index contributed by atoms with van der Waals surface area (Å²) in [5.74, 6) is 1.15. The van der Waals surface area contributed by atoms with Crippen LogP contribution in [0.3, 0.4) is 0 Å². The Kier molecular flexibility index (Phi) is 3.95. The van der Waals surface area contributed by atoms with Gasteiger partial charge in [0.05, 0.1) is 20.4 Å². The van der Waals surface area contributed by atoms with Crippen molar-refractivity contribution in [3.63, 3.8) is 0 Å². The fourth-order valence-electron chi connectivity index (χ4n) is 3.10. The fourth-order valence-corrected chi connectivity index (χ4v) is 5.05. The molecular formula is C19H15N3O3S2. The first-order valence-corrected chi connectivity index (χ1v) is 10.2. The van der Waals surface area contributed by atoms with E-state index in [0.29, 0.717) is 29.6 Å². The monoisotopic (exact) mass is 397 g/mol. The summed E-state index contributed by atoms with van der Waals surface area (Å²) in [6.07, 6.45) is 0. The molecule has 5 rings (SSSR count). The van der Waals surface area contributed by atoms with Crippen LogP contribution in [0.1, 0.15) is 16.7 Å². The van der Waals surface area contributed by atoms with Crippen LogP contribution in [-0.4, -0.2) is 28.7 Å². The topological polar surface area (TPSA) is 65.7 Å². The standard InChI is InChI=1S/C19H15N3O3S2/c1-2-22-12-9-13-14(25-8-7-24-13)10-16(12)27-19(22)21-17(23)18-20-11-5-3-4-6-15(11)26-18/h3-6,9-10H,2,7-8H2,1H3. The highest BCUT2D eigenvalue weighted by Gasteiger charge is 2.17. The van der Waals surface area contributed by atoms with Crippen LogP contribution in [0.2, 0.25) is 0 Å². The van der Waals surface area contributed by atoms with Crippen molar-refractivity contribution in [2.75, 3.05) is 13.2 Å². The molecule has 0 fully saturated rings. The van der Waals surface area contributed by atoms with Crippen molar-refractivity contribution in [2.24, 2.45) is 4.99 Å². The zero-order chi connectivity index (χ0) is 18.4. The number of rotatable bonds is 2. The molecule has 0 atom stereocenters. The fraction of sp³-hybridized carbons (Fsp3) is 0.211. The molecule has 0 unspecified atom stereocenters. The molecule has 136 valence electrons. The lowest BCUT2D eigenvalue weighted by molar-refractivity contribution is 0.0997. The van der Waals surface area contributed by atoms with Crippen molar-refractivity contribution in [3.05, 3.63) is 46.2 Å². The molecule has 0 aliphatic carbocycles. The third-order valence-corrected chi connectivity index (χ3v) is 6.40. The van der Waals surface area contributed by atoms with Gasteiger partial charge in [0.1, 0.15) is 13.2 Å². The molecule has 4 aromatic rings. The quantitative estimate of drug-likeness (QED) is 0.515. The molecule has 8 heteroatoms. The van der Waals surface area contributed by atoms with Crippen molar-refractivity contribution >= 4 is 49.0 Å². The van der Waals surface area contributed by atoms with Crippen LogP contribution in [0.25, 0.3) is 20.4 Å². The second-order valence-electron chi connectivity index (χ2n) is 6.00. The van der Waals surface area contributed by atoms with Crippen molar-refractivity contribution in [1.29, 1.82) is 0 Å². The van der Waals surface area contributed by atoms with Crippen molar-refractivity contribution in [1.82, 2.24) is 9.55 Å². The zero-order valence-electron chi connectivity index (χ0n) is 14.5. The Labute approximate surface area is 162 Å². The highest BCUT2D eigenvalue weighted by molar-refractivity contribution is 7.20. The van der Waals surface area contributed by atoms with Crippen LogP contribution in [-0.2, 0) is 6.54 Å². The van der Waals surface area contributed by atoms with E-state index in [2.05, 4.69) is 9.98 Å². The number of carbonyl (C=O) groups excluding carboxylic acids is 1. The summed E-state index contributed by atoms with van der Waals surface area (Å²) in [6.45, 7) is 3.82. The Bertz CT molecular complexity index is 1220. The Balaban J connectivity index is 1.63. The van der Waals surface area contributed by atoms with Gasteiger partial charge in [0.15, 0.2) is 21.3 Å². The van der Waals surface area contributed by atoms with Gasteiger partial charge in [-0.05, 0) is 19.1 Å². The van der Waals surface area contributed by atoms with Crippen LogP contribution < -0.4 is 14.3 Å². The summed E-state index contributed by atoms with van der Waals surface area (Å²) < 4.78 is 15.4. The van der Waals surface area contributed by atoms with Crippen molar-refractivity contribution < 1.29 is 14.3 Å².